The zero-order chi connectivity index (χ0) is 15.1. The highest BCUT2D eigenvalue weighted by Crippen LogP contribution is 2.52. The van der Waals surface area contributed by atoms with Crippen molar-refractivity contribution in [2.24, 2.45) is 23.2 Å². The minimum atomic E-state index is -0.994. The number of carbonyl (C=O) groups is 1. The molecule has 20 heavy (non-hydrogen) atoms. The van der Waals surface area contributed by atoms with Crippen molar-refractivity contribution in [1.82, 2.24) is 0 Å². The van der Waals surface area contributed by atoms with Crippen LogP contribution in [0.3, 0.4) is 0 Å². The highest BCUT2D eigenvalue weighted by atomic mass is 16.4. The van der Waals surface area contributed by atoms with Gasteiger partial charge in [0.1, 0.15) is 0 Å². The number of hydrogen-bond acceptors (Lipinski definition) is 4. The minimum Gasteiger partial charge on any atom is -0.481 e. The van der Waals surface area contributed by atoms with E-state index in [4.69, 9.17) is 0 Å². The summed E-state index contributed by atoms with van der Waals surface area (Å²) in [6.07, 6.45) is 0.793. The van der Waals surface area contributed by atoms with Crippen LogP contribution in [0.15, 0.2) is 11.1 Å². The molecule has 0 aliphatic heterocycles. The van der Waals surface area contributed by atoms with Crippen molar-refractivity contribution in [3.05, 3.63) is 11.1 Å². The first-order chi connectivity index (χ1) is 9.33. The Labute approximate surface area is 118 Å². The molecule has 1 fully saturated rings. The Hall–Kier alpha value is -0.910. The normalized spacial score (nSPS) is 41.5. The van der Waals surface area contributed by atoms with Crippen LogP contribution >= 0.6 is 0 Å². The van der Waals surface area contributed by atoms with Gasteiger partial charge in [0.25, 0.3) is 0 Å². The predicted octanol–water partition coefficient (Wildman–Crippen LogP) is 0.785. The summed E-state index contributed by atoms with van der Waals surface area (Å²) >= 11 is 0. The van der Waals surface area contributed by atoms with Gasteiger partial charge in [0.05, 0.1) is 18.6 Å². The van der Waals surface area contributed by atoms with Gasteiger partial charge in [0.15, 0.2) is 0 Å². The van der Waals surface area contributed by atoms with Crippen LogP contribution in [0.25, 0.3) is 0 Å². The fourth-order valence-electron chi connectivity index (χ4n) is 3.84. The third kappa shape index (κ3) is 2.50. The Balaban J connectivity index is 2.49. The molecule has 2 aliphatic rings. The van der Waals surface area contributed by atoms with Crippen molar-refractivity contribution in [2.45, 2.75) is 39.2 Å². The molecule has 5 atom stereocenters. The van der Waals surface area contributed by atoms with Crippen molar-refractivity contribution in [3.8, 4) is 0 Å². The molecule has 5 unspecified atom stereocenters. The SMILES string of the molecule is CC1C(O)CC(C(=O)O)C(CO)=C2CC(C)(CO)CC21. The van der Waals surface area contributed by atoms with Crippen LogP contribution in [0.1, 0.15) is 33.1 Å². The molecule has 0 aromatic rings. The summed E-state index contributed by atoms with van der Waals surface area (Å²) in [5, 5.41) is 38.8. The number of aliphatic carboxylic acids is 1. The van der Waals surface area contributed by atoms with Crippen molar-refractivity contribution in [2.75, 3.05) is 13.2 Å². The summed E-state index contributed by atoms with van der Waals surface area (Å²) in [6, 6.07) is 0. The number of carboxylic acid groups (broad SMARTS) is 1. The summed E-state index contributed by atoms with van der Waals surface area (Å²) in [6.45, 7) is 3.64. The van der Waals surface area contributed by atoms with Gasteiger partial charge in [-0.05, 0) is 42.1 Å². The summed E-state index contributed by atoms with van der Waals surface area (Å²) in [5.41, 5.74) is 1.21. The molecule has 1 saturated carbocycles. The van der Waals surface area contributed by atoms with Gasteiger partial charge in [-0.3, -0.25) is 4.79 Å². The predicted molar refractivity (Wildman–Crippen MR) is 72.9 cm³/mol. The number of hydrogen-bond donors (Lipinski definition) is 4. The lowest BCUT2D eigenvalue weighted by Gasteiger charge is -2.26. The largest absolute Gasteiger partial charge is 0.481 e. The third-order valence-corrected chi connectivity index (χ3v) is 5.18. The average molecular weight is 284 g/mol. The van der Waals surface area contributed by atoms with Crippen molar-refractivity contribution < 1.29 is 25.2 Å². The second-order valence-electron chi connectivity index (χ2n) is 6.72. The Bertz CT molecular complexity index is 430. The lowest BCUT2D eigenvalue weighted by Crippen LogP contribution is -2.28. The fraction of sp³-hybridized carbons (Fsp3) is 0.800. The van der Waals surface area contributed by atoms with Crippen LogP contribution in [-0.2, 0) is 4.79 Å². The minimum absolute atomic E-state index is 0.0340. The standard InChI is InChI=1S/C15H24O5/c1-8-10-4-15(2,7-17)5-11(10)12(6-16)9(14(19)20)3-13(8)18/h8-10,13,16-18H,3-7H2,1-2H3,(H,19,20). The Morgan fingerprint density at radius 1 is 1.40 bits per heavy atom. The van der Waals surface area contributed by atoms with Gasteiger partial charge in [-0.15, -0.1) is 0 Å². The summed E-state index contributed by atoms with van der Waals surface area (Å²) in [4.78, 5) is 11.4. The van der Waals surface area contributed by atoms with Crippen molar-refractivity contribution in [3.63, 3.8) is 0 Å². The van der Waals surface area contributed by atoms with Crippen LogP contribution in [0, 0.1) is 23.2 Å². The Morgan fingerprint density at radius 3 is 2.55 bits per heavy atom. The van der Waals surface area contributed by atoms with Crippen LogP contribution in [0.2, 0.25) is 0 Å². The van der Waals surface area contributed by atoms with E-state index in [1.807, 2.05) is 13.8 Å². The van der Waals surface area contributed by atoms with Gasteiger partial charge in [-0.1, -0.05) is 19.4 Å². The number of rotatable bonds is 3. The van der Waals surface area contributed by atoms with Gasteiger partial charge < -0.3 is 20.4 Å². The summed E-state index contributed by atoms with van der Waals surface area (Å²) in [7, 11) is 0. The fourth-order valence-corrected chi connectivity index (χ4v) is 3.84. The summed E-state index contributed by atoms with van der Waals surface area (Å²) in [5.74, 6) is -1.82. The monoisotopic (exact) mass is 284 g/mol. The maximum atomic E-state index is 11.4. The summed E-state index contributed by atoms with van der Waals surface area (Å²) < 4.78 is 0. The second-order valence-corrected chi connectivity index (χ2v) is 6.72. The van der Waals surface area contributed by atoms with Crippen molar-refractivity contribution >= 4 is 5.97 Å². The zero-order valence-corrected chi connectivity index (χ0v) is 12.0. The molecule has 0 bridgehead atoms. The molecular weight excluding hydrogens is 260 g/mol. The first-order valence-electron chi connectivity index (χ1n) is 7.17. The van der Waals surface area contributed by atoms with E-state index >= 15 is 0 Å². The van der Waals surface area contributed by atoms with Crippen molar-refractivity contribution in [1.29, 1.82) is 0 Å². The Kier molecular flexibility index (Phi) is 4.23. The number of allylic oxidation sites excluding steroid dienone is 1. The molecule has 0 saturated heterocycles. The average Bonchev–Trinajstić information content (AvgIpc) is 2.71. The number of aliphatic hydroxyl groups excluding tert-OH is 3. The van der Waals surface area contributed by atoms with E-state index in [1.54, 1.807) is 0 Å². The van der Waals surface area contributed by atoms with Gasteiger partial charge in [0, 0.05) is 6.61 Å². The molecule has 114 valence electrons. The van der Waals surface area contributed by atoms with Gasteiger partial charge in [0.2, 0.25) is 0 Å². The van der Waals surface area contributed by atoms with E-state index in [0.29, 0.717) is 12.0 Å². The third-order valence-electron chi connectivity index (χ3n) is 5.18. The van der Waals surface area contributed by atoms with E-state index in [-0.39, 0.29) is 36.9 Å². The number of carboxylic acids is 1. The van der Waals surface area contributed by atoms with E-state index < -0.39 is 18.0 Å². The van der Waals surface area contributed by atoms with E-state index in [9.17, 15) is 25.2 Å². The molecule has 5 heteroatoms. The maximum Gasteiger partial charge on any atom is 0.310 e. The van der Waals surface area contributed by atoms with E-state index in [1.165, 1.54) is 0 Å². The van der Waals surface area contributed by atoms with Crippen LogP contribution < -0.4 is 0 Å². The molecule has 0 spiro atoms. The highest BCUT2D eigenvalue weighted by molar-refractivity contribution is 5.74. The smallest absolute Gasteiger partial charge is 0.310 e. The van der Waals surface area contributed by atoms with Gasteiger partial charge in [-0.25, -0.2) is 0 Å². The van der Waals surface area contributed by atoms with Crippen LogP contribution in [0.5, 0.6) is 0 Å². The lowest BCUT2D eigenvalue weighted by atomic mass is 9.82. The molecule has 0 radical (unpaired) electrons. The van der Waals surface area contributed by atoms with E-state index in [0.717, 1.165) is 12.0 Å². The molecule has 4 N–H and O–H groups in total. The molecule has 0 aromatic heterocycles. The number of fused-ring (bicyclic) bond motifs is 1. The molecular formula is C15H24O5. The molecule has 2 rings (SSSR count). The molecule has 0 heterocycles. The Morgan fingerprint density at radius 2 is 2.05 bits per heavy atom. The highest BCUT2D eigenvalue weighted by Gasteiger charge is 2.47. The number of aliphatic hydroxyl groups is 3. The van der Waals surface area contributed by atoms with Gasteiger partial charge in [-0.2, -0.15) is 0 Å². The van der Waals surface area contributed by atoms with Gasteiger partial charge >= 0.3 is 5.97 Å². The second kappa shape index (κ2) is 5.47. The van der Waals surface area contributed by atoms with Crippen LogP contribution in [-0.4, -0.2) is 45.7 Å². The quantitative estimate of drug-likeness (QED) is 0.574. The molecule has 5 nitrogen and oxygen atoms in total. The molecule has 0 aromatic carbocycles. The lowest BCUT2D eigenvalue weighted by molar-refractivity contribution is -0.141. The first-order valence-corrected chi connectivity index (χ1v) is 7.17. The first kappa shape index (κ1) is 15.5. The van der Waals surface area contributed by atoms with Crippen LogP contribution in [0.4, 0.5) is 0 Å². The molecule has 0 amide bonds. The molecule has 2 aliphatic carbocycles. The zero-order valence-electron chi connectivity index (χ0n) is 12.0. The topological polar surface area (TPSA) is 98.0 Å². The maximum absolute atomic E-state index is 11.4. The van der Waals surface area contributed by atoms with E-state index in [2.05, 4.69) is 0 Å².